The van der Waals surface area contributed by atoms with E-state index in [1.807, 2.05) is 13.8 Å². The first-order chi connectivity index (χ1) is 9.73. The van der Waals surface area contributed by atoms with Crippen molar-refractivity contribution in [3.8, 4) is 0 Å². The van der Waals surface area contributed by atoms with Gasteiger partial charge in [-0.05, 0) is 12.0 Å². The SMILES string of the molecule is CC(C)Cn1c(=O)n(C)c(=O)c2cc([N+](=O)[O-])c(Cl)cc21. The van der Waals surface area contributed by atoms with Gasteiger partial charge in [0.2, 0.25) is 0 Å². The second-order valence-electron chi connectivity index (χ2n) is 5.23. The van der Waals surface area contributed by atoms with Crippen LogP contribution in [0.25, 0.3) is 10.9 Å². The molecule has 21 heavy (non-hydrogen) atoms. The Labute approximate surface area is 124 Å². The summed E-state index contributed by atoms with van der Waals surface area (Å²) < 4.78 is 2.36. The molecule has 2 rings (SSSR count). The van der Waals surface area contributed by atoms with Crippen LogP contribution in [0.4, 0.5) is 5.69 Å². The first kappa shape index (κ1) is 15.2. The monoisotopic (exact) mass is 311 g/mol. The predicted octanol–water partition coefficient (Wildman–Crippen LogP) is 1.92. The van der Waals surface area contributed by atoms with Gasteiger partial charge < -0.3 is 0 Å². The average Bonchev–Trinajstić information content (AvgIpc) is 2.40. The van der Waals surface area contributed by atoms with Crippen LogP contribution < -0.4 is 11.2 Å². The Hall–Kier alpha value is -2.15. The van der Waals surface area contributed by atoms with Crippen LogP contribution in [0.5, 0.6) is 0 Å². The van der Waals surface area contributed by atoms with Crippen molar-refractivity contribution in [2.45, 2.75) is 20.4 Å². The molecule has 0 atom stereocenters. The van der Waals surface area contributed by atoms with Crippen LogP contribution in [-0.2, 0) is 13.6 Å². The maximum Gasteiger partial charge on any atom is 0.331 e. The lowest BCUT2D eigenvalue weighted by Crippen LogP contribution is -2.38. The third-order valence-electron chi connectivity index (χ3n) is 3.15. The Morgan fingerprint density at radius 1 is 1.33 bits per heavy atom. The molecule has 0 saturated carbocycles. The number of benzene rings is 1. The first-order valence-electron chi connectivity index (χ1n) is 6.31. The molecular formula is C13H14ClN3O4. The van der Waals surface area contributed by atoms with Crippen molar-refractivity contribution in [3.05, 3.63) is 48.1 Å². The van der Waals surface area contributed by atoms with E-state index in [1.54, 1.807) is 0 Å². The van der Waals surface area contributed by atoms with Crippen molar-refractivity contribution in [3.63, 3.8) is 0 Å². The van der Waals surface area contributed by atoms with E-state index in [1.165, 1.54) is 17.7 Å². The van der Waals surface area contributed by atoms with Gasteiger partial charge in [-0.2, -0.15) is 0 Å². The number of nitro groups is 1. The largest absolute Gasteiger partial charge is 0.331 e. The summed E-state index contributed by atoms with van der Waals surface area (Å²) in [5.41, 5.74) is -1.08. The topological polar surface area (TPSA) is 87.1 Å². The smallest absolute Gasteiger partial charge is 0.293 e. The summed E-state index contributed by atoms with van der Waals surface area (Å²) in [7, 11) is 1.35. The molecule has 0 unspecified atom stereocenters. The van der Waals surface area contributed by atoms with Crippen molar-refractivity contribution < 1.29 is 4.92 Å². The zero-order valence-corrected chi connectivity index (χ0v) is 12.5. The summed E-state index contributed by atoms with van der Waals surface area (Å²) >= 11 is 5.89. The second kappa shape index (κ2) is 5.33. The fraction of sp³-hybridized carbons (Fsp3) is 0.385. The highest BCUT2D eigenvalue weighted by molar-refractivity contribution is 6.33. The molecular weight excluding hydrogens is 298 g/mol. The fourth-order valence-corrected chi connectivity index (χ4v) is 2.41. The van der Waals surface area contributed by atoms with Crippen LogP contribution in [0, 0.1) is 16.0 Å². The van der Waals surface area contributed by atoms with E-state index in [0.717, 1.165) is 10.6 Å². The number of hydrogen-bond donors (Lipinski definition) is 0. The van der Waals surface area contributed by atoms with Crippen LogP contribution in [-0.4, -0.2) is 14.1 Å². The Kier molecular flexibility index (Phi) is 3.87. The van der Waals surface area contributed by atoms with Gasteiger partial charge in [0.15, 0.2) is 0 Å². The summed E-state index contributed by atoms with van der Waals surface area (Å²) in [6, 6.07) is 2.43. The summed E-state index contributed by atoms with van der Waals surface area (Å²) in [6.07, 6.45) is 0. The molecule has 7 nitrogen and oxygen atoms in total. The molecule has 8 heteroatoms. The Morgan fingerprint density at radius 3 is 2.48 bits per heavy atom. The van der Waals surface area contributed by atoms with Gasteiger partial charge in [0.05, 0.1) is 15.8 Å². The number of hydrogen-bond acceptors (Lipinski definition) is 4. The van der Waals surface area contributed by atoms with Gasteiger partial charge in [0.1, 0.15) is 5.02 Å². The van der Waals surface area contributed by atoms with Crippen LogP contribution in [0.15, 0.2) is 21.7 Å². The van der Waals surface area contributed by atoms with Gasteiger partial charge in [-0.3, -0.25) is 24.0 Å². The fourth-order valence-electron chi connectivity index (χ4n) is 2.18. The lowest BCUT2D eigenvalue weighted by Gasteiger charge is -2.14. The van der Waals surface area contributed by atoms with E-state index in [2.05, 4.69) is 0 Å². The highest BCUT2D eigenvalue weighted by atomic mass is 35.5. The van der Waals surface area contributed by atoms with E-state index in [9.17, 15) is 19.7 Å². The maximum atomic E-state index is 12.2. The lowest BCUT2D eigenvalue weighted by atomic mass is 10.2. The van der Waals surface area contributed by atoms with E-state index in [0.29, 0.717) is 12.1 Å². The van der Waals surface area contributed by atoms with Gasteiger partial charge in [-0.15, -0.1) is 0 Å². The molecule has 0 spiro atoms. The number of halogens is 1. The van der Waals surface area contributed by atoms with Gasteiger partial charge in [0.25, 0.3) is 11.2 Å². The molecule has 0 N–H and O–H groups in total. The Balaban J connectivity index is 2.98. The average molecular weight is 312 g/mol. The summed E-state index contributed by atoms with van der Waals surface area (Å²) in [5, 5.41) is 10.9. The third kappa shape index (κ3) is 2.56. The van der Waals surface area contributed by atoms with E-state index in [4.69, 9.17) is 11.6 Å². The predicted molar refractivity (Wildman–Crippen MR) is 80.0 cm³/mol. The molecule has 1 heterocycles. The van der Waals surface area contributed by atoms with E-state index < -0.39 is 16.2 Å². The number of nitro benzene ring substituents is 1. The normalized spacial score (nSPS) is 11.3. The number of aromatic nitrogens is 2. The molecule has 0 amide bonds. The van der Waals surface area contributed by atoms with Crippen LogP contribution in [0.2, 0.25) is 5.02 Å². The quantitative estimate of drug-likeness (QED) is 0.640. The van der Waals surface area contributed by atoms with Crippen LogP contribution in [0.3, 0.4) is 0 Å². The van der Waals surface area contributed by atoms with Crippen molar-refractivity contribution >= 4 is 28.2 Å². The standard InChI is InChI=1S/C13H14ClN3O4/c1-7(2)6-16-10-5-9(14)11(17(20)21)4-8(10)12(18)15(3)13(16)19/h4-5,7H,6H2,1-3H3. The first-order valence-corrected chi connectivity index (χ1v) is 6.69. The maximum absolute atomic E-state index is 12.2. The molecule has 0 saturated heterocycles. The lowest BCUT2D eigenvalue weighted by molar-refractivity contribution is -0.384. The molecule has 0 radical (unpaired) electrons. The molecule has 1 aromatic heterocycles. The molecule has 1 aromatic carbocycles. The minimum absolute atomic E-state index is 0.0994. The third-order valence-corrected chi connectivity index (χ3v) is 3.46. The summed E-state index contributed by atoms with van der Waals surface area (Å²) in [6.45, 7) is 4.24. The molecule has 0 aliphatic rings. The Bertz CT molecular complexity index is 851. The molecule has 112 valence electrons. The van der Waals surface area contributed by atoms with E-state index >= 15 is 0 Å². The van der Waals surface area contributed by atoms with Gasteiger partial charge in [-0.1, -0.05) is 25.4 Å². The van der Waals surface area contributed by atoms with Crippen LogP contribution in [0.1, 0.15) is 13.8 Å². The highest BCUT2D eigenvalue weighted by Crippen LogP contribution is 2.28. The Morgan fingerprint density at radius 2 is 1.95 bits per heavy atom. The van der Waals surface area contributed by atoms with E-state index in [-0.39, 0.29) is 22.0 Å². The second-order valence-corrected chi connectivity index (χ2v) is 5.64. The molecule has 0 aliphatic carbocycles. The summed E-state index contributed by atoms with van der Waals surface area (Å²) in [5.74, 6) is 0.164. The highest BCUT2D eigenvalue weighted by Gasteiger charge is 2.19. The number of rotatable bonds is 3. The molecule has 0 bridgehead atoms. The summed E-state index contributed by atoms with van der Waals surface area (Å²) in [4.78, 5) is 34.7. The molecule has 0 aliphatic heterocycles. The molecule has 2 aromatic rings. The number of fused-ring (bicyclic) bond motifs is 1. The van der Waals surface area contributed by atoms with Crippen molar-refractivity contribution in [1.82, 2.24) is 9.13 Å². The van der Waals surface area contributed by atoms with Gasteiger partial charge in [0, 0.05) is 19.7 Å². The van der Waals surface area contributed by atoms with Crippen molar-refractivity contribution in [2.24, 2.45) is 13.0 Å². The van der Waals surface area contributed by atoms with Crippen molar-refractivity contribution in [2.75, 3.05) is 0 Å². The van der Waals surface area contributed by atoms with Gasteiger partial charge in [-0.25, -0.2) is 4.79 Å². The van der Waals surface area contributed by atoms with Crippen LogP contribution >= 0.6 is 11.6 Å². The zero-order chi connectivity index (χ0) is 15.9. The van der Waals surface area contributed by atoms with Gasteiger partial charge >= 0.3 is 5.69 Å². The van der Waals surface area contributed by atoms with Crippen molar-refractivity contribution in [1.29, 1.82) is 0 Å². The minimum Gasteiger partial charge on any atom is -0.293 e. The zero-order valence-electron chi connectivity index (χ0n) is 11.8. The molecule has 0 fully saturated rings. The minimum atomic E-state index is -0.654. The number of nitrogens with zero attached hydrogens (tertiary/aromatic N) is 3.